The molecule has 4 rings (SSSR count). The van der Waals surface area contributed by atoms with Crippen LogP contribution < -0.4 is 62.0 Å². The fourth-order valence-corrected chi connectivity index (χ4v) is 6.58. The van der Waals surface area contributed by atoms with Crippen LogP contribution in [-0.4, -0.2) is 196 Å². The number of hydrogen-bond donors (Lipinski definition) is 6. The van der Waals surface area contributed by atoms with Gasteiger partial charge in [-0.1, -0.05) is 13.8 Å². The van der Waals surface area contributed by atoms with Crippen LogP contribution in [-0.2, 0) is 57.0 Å². The molecule has 0 radical (unpaired) electrons. The summed E-state index contributed by atoms with van der Waals surface area (Å²) >= 11 is 0. The van der Waals surface area contributed by atoms with Crippen LogP contribution in [0.2, 0.25) is 0 Å². The number of rotatable bonds is 28. The number of nitrogens with zero attached hydrogens (tertiary/aromatic N) is 2. The maximum Gasteiger partial charge on any atom is 1.00 e. The van der Waals surface area contributed by atoms with Gasteiger partial charge in [0.15, 0.2) is 18.7 Å². The van der Waals surface area contributed by atoms with Crippen LogP contribution in [0.5, 0.6) is 0 Å². The van der Waals surface area contributed by atoms with Crippen LogP contribution in [0.3, 0.4) is 0 Å². The number of amides is 2. The second-order valence-electron chi connectivity index (χ2n) is 15.6. The van der Waals surface area contributed by atoms with Gasteiger partial charge < -0.3 is 79.9 Å². The monoisotopic (exact) mass is 1040 g/mol. The third-order valence-corrected chi connectivity index (χ3v) is 10.6. The van der Waals surface area contributed by atoms with Crippen molar-refractivity contribution < 1.29 is 150 Å². The minimum absolute atomic E-state index is 0. The van der Waals surface area contributed by atoms with Crippen molar-refractivity contribution in [2.24, 2.45) is 11.8 Å². The largest absolute Gasteiger partial charge is 1.00 e. The number of non-ortho nitro benzene ring substituents is 2. The van der Waals surface area contributed by atoms with Crippen molar-refractivity contribution in [3.8, 4) is 0 Å². The molecule has 2 aliphatic heterocycles. The topological polar surface area (TPSA) is 352 Å². The number of ether oxygens (including phenoxy) is 10. The Balaban J connectivity index is 0.000000710. The number of hydrogen-bond acceptors (Lipinski definition) is 22. The molecule has 0 aromatic heterocycles. The number of nitro groups is 2. The van der Waals surface area contributed by atoms with E-state index in [1.807, 2.05) is 13.8 Å². The zero-order valence-electron chi connectivity index (χ0n) is 41.3. The number of benzene rings is 2. The average molecular weight is 1040 g/mol. The van der Waals surface area contributed by atoms with Crippen molar-refractivity contribution >= 4 is 35.1 Å². The van der Waals surface area contributed by atoms with Gasteiger partial charge in [-0.05, 0) is 30.2 Å². The van der Waals surface area contributed by atoms with E-state index in [0.717, 1.165) is 0 Å². The van der Waals surface area contributed by atoms with Crippen molar-refractivity contribution in [3.05, 3.63) is 79.9 Å². The van der Waals surface area contributed by atoms with E-state index in [4.69, 9.17) is 52.5 Å². The summed E-state index contributed by atoms with van der Waals surface area (Å²) in [5.74, 6) is -1.70. The van der Waals surface area contributed by atoms with Crippen molar-refractivity contribution in [1.29, 1.82) is 0 Å². The fourth-order valence-electron chi connectivity index (χ4n) is 6.58. The van der Waals surface area contributed by atoms with E-state index in [-0.39, 0.29) is 160 Å². The minimum atomic E-state index is -1.50. The van der Waals surface area contributed by atoms with Gasteiger partial charge in [0.2, 0.25) is 0 Å². The Morgan fingerprint density at radius 3 is 1.45 bits per heavy atom. The number of aliphatic hydroxyl groups is 4. The summed E-state index contributed by atoms with van der Waals surface area (Å²) in [4.78, 5) is 66.9. The average Bonchev–Trinajstić information content (AvgIpc) is 3.34. The van der Waals surface area contributed by atoms with Crippen LogP contribution in [0, 0.1) is 32.1 Å². The third-order valence-electron chi connectivity index (χ3n) is 10.6. The molecule has 2 heterocycles. The van der Waals surface area contributed by atoms with E-state index in [2.05, 4.69) is 10.6 Å². The van der Waals surface area contributed by atoms with Crippen LogP contribution >= 0.6 is 0 Å². The summed E-state index contributed by atoms with van der Waals surface area (Å²) in [6, 6.07) is 10.6. The maximum atomic E-state index is 12.0. The van der Waals surface area contributed by atoms with E-state index < -0.39 is 77.6 Å². The summed E-state index contributed by atoms with van der Waals surface area (Å²) < 4.78 is 54.3. The standard InChI is InChI=1S/C25H36N2O11.C19H28N2O11.K.H/c1-16-17(2)23(37-19(4)29)25(38-22(16)15-36-18(3)28)35-14-13-34-12-11-33-10-9-26-24(30)20-5-7-21(8-6-20)27(31)32;22-11-14-15(23)16(24)17(25)19(32-14)31-10-9-30-8-7-29-6-5-20-18(26)12-1-3-13(4-2-12)21(27)28;;/h5-8,16-17,22-23,25H,9-15H2,1-4H3,(H,26,30);1-4,14-17,19,22-25H,5-11H2,(H,20,26);;/q;;+1;-1/t16-,17-,22?,23?,25-;14?,15-,16+,17?,19+;;/m01../s1. The molecule has 6 N–H and O–H groups in total. The third kappa shape index (κ3) is 22.9. The van der Waals surface area contributed by atoms with E-state index >= 15 is 0 Å². The first kappa shape index (κ1) is 63.4. The molecule has 0 saturated carbocycles. The predicted molar refractivity (Wildman–Crippen MR) is 240 cm³/mol. The molecule has 0 aliphatic carbocycles. The van der Waals surface area contributed by atoms with Gasteiger partial charge >= 0.3 is 63.3 Å². The van der Waals surface area contributed by atoms with Gasteiger partial charge in [0.1, 0.15) is 31.0 Å². The maximum absolute atomic E-state index is 12.0. The summed E-state index contributed by atoms with van der Waals surface area (Å²) in [7, 11) is 0. The number of carbonyl (C=O) groups excluding carboxylic acids is 4. The molecule has 71 heavy (non-hydrogen) atoms. The number of nitro benzene ring substituents is 2. The first-order valence-corrected chi connectivity index (χ1v) is 22.3. The number of carbonyl (C=O) groups is 4. The Morgan fingerprint density at radius 1 is 0.606 bits per heavy atom. The molecule has 26 nitrogen and oxygen atoms in total. The van der Waals surface area contributed by atoms with E-state index in [1.165, 1.54) is 62.4 Å². The zero-order chi connectivity index (χ0) is 51.6. The van der Waals surface area contributed by atoms with E-state index in [1.54, 1.807) is 0 Å². The van der Waals surface area contributed by atoms with Crippen molar-refractivity contribution in [1.82, 2.24) is 10.6 Å². The first-order valence-electron chi connectivity index (χ1n) is 22.3. The quantitative estimate of drug-likeness (QED) is 0.0164. The Bertz CT molecular complexity index is 1920. The molecule has 4 unspecified atom stereocenters. The Hall–Kier alpha value is -3.72. The normalized spacial score (nSPS) is 23.7. The minimum Gasteiger partial charge on any atom is -1.00 e. The second kappa shape index (κ2) is 34.7. The van der Waals surface area contributed by atoms with Gasteiger partial charge in [0, 0.05) is 68.2 Å². The molecule has 2 fully saturated rings. The summed E-state index contributed by atoms with van der Waals surface area (Å²) in [6.45, 7) is 8.77. The SMILES string of the molecule is CC(=O)OCC1O[C@H](OCCOCCOCCNC(=O)c2ccc([N+](=O)[O-])cc2)C(OC(C)=O)[C@@H](C)[C@@H]1C.O=C(NCCOCCOCCO[C@H]1OC(CO)[C@@H](O)[C@H](O)C1O)c1ccc([N+](=O)[O-])cc1.[H-].[K+]. The Kier molecular flexibility index (Phi) is 30.9. The molecule has 2 aliphatic rings. The van der Waals surface area contributed by atoms with Crippen LogP contribution in [0.1, 0.15) is 49.8 Å². The van der Waals surface area contributed by atoms with E-state index in [9.17, 15) is 54.7 Å². The molecule has 2 aromatic rings. The first-order chi connectivity index (χ1) is 33.4. The van der Waals surface area contributed by atoms with Gasteiger partial charge in [-0.2, -0.15) is 0 Å². The van der Waals surface area contributed by atoms with Crippen LogP contribution in [0.4, 0.5) is 11.4 Å². The predicted octanol–water partition coefficient (Wildman–Crippen LogP) is -2.84. The van der Waals surface area contributed by atoms with Crippen molar-refractivity contribution in [2.45, 2.75) is 76.9 Å². The molecule has 2 saturated heterocycles. The van der Waals surface area contributed by atoms with Gasteiger partial charge in [-0.3, -0.25) is 39.4 Å². The van der Waals surface area contributed by atoms with Gasteiger partial charge in [0.25, 0.3) is 23.2 Å². The van der Waals surface area contributed by atoms with Gasteiger partial charge in [0.05, 0.1) is 88.6 Å². The summed E-state index contributed by atoms with van der Waals surface area (Å²) in [5.41, 5.74) is 0.443. The van der Waals surface area contributed by atoms with Crippen LogP contribution in [0.15, 0.2) is 48.5 Å². The Labute approximate surface area is 453 Å². The summed E-state index contributed by atoms with van der Waals surface area (Å²) in [6.07, 6.45) is -8.48. The molecular formula is C44H65KN4O22. The van der Waals surface area contributed by atoms with Crippen molar-refractivity contribution in [3.63, 3.8) is 0 Å². The molecule has 10 atom stereocenters. The van der Waals surface area contributed by atoms with Gasteiger partial charge in [-0.25, -0.2) is 0 Å². The smallest absolute Gasteiger partial charge is 1.00 e. The molecule has 0 bridgehead atoms. The molecular weight excluding hydrogens is 976 g/mol. The molecule has 394 valence electrons. The molecule has 0 spiro atoms. The summed E-state index contributed by atoms with van der Waals surface area (Å²) in [5, 5.41) is 64.9. The van der Waals surface area contributed by atoms with Crippen LogP contribution in [0.25, 0.3) is 0 Å². The fraction of sp³-hybridized carbons (Fsp3) is 0.636. The molecule has 27 heteroatoms. The second-order valence-corrected chi connectivity index (χ2v) is 15.6. The number of aliphatic hydroxyl groups excluding tert-OH is 4. The number of esters is 2. The zero-order valence-corrected chi connectivity index (χ0v) is 43.4. The van der Waals surface area contributed by atoms with Gasteiger partial charge in [-0.15, -0.1) is 0 Å². The number of nitrogens with one attached hydrogen (secondary N) is 2. The molecule has 2 aromatic carbocycles. The molecule has 2 amide bonds. The van der Waals surface area contributed by atoms with E-state index in [0.29, 0.717) is 24.3 Å². The Morgan fingerprint density at radius 2 is 1.03 bits per heavy atom. The van der Waals surface area contributed by atoms with Crippen molar-refractivity contribution in [2.75, 3.05) is 92.4 Å².